The van der Waals surface area contributed by atoms with Crippen molar-refractivity contribution in [1.82, 2.24) is 19.8 Å². The number of ether oxygens (including phenoxy) is 2. The summed E-state index contributed by atoms with van der Waals surface area (Å²) in [6.07, 6.45) is 10.1. The third-order valence-corrected chi connectivity index (χ3v) is 8.47. The summed E-state index contributed by atoms with van der Waals surface area (Å²) in [5.41, 5.74) is 1.83. The van der Waals surface area contributed by atoms with Crippen molar-refractivity contribution in [1.29, 1.82) is 0 Å². The number of aryl methyl sites for hydroxylation is 1. The molecule has 1 amide bonds. The molecule has 38 heavy (non-hydrogen) atoms. The van der Waals surface area contributed by atoms with Crippen LogP contribution in [0.25, 0.3) is 0 Å². The molecule has 0 N–H and O–H groups in total. The van der Waals surface area contributed by atoms with Gasteiger partial charge in [0.1, 0.15) is 5.75 Å². The van der Waals surface area contributed by atoms with Crippen LogP contribution in [0.1, 0.15) is 49.7 Å². The van der Waals surface area contributed by atoms with Crippen molar-refractivity contribution in [2.45, 2.75) is 52.0 Å². The quantitative estimate of drug-likeness (QED) is 0.492. The number of aromatic nitrogens is 2. The first-order valence-corrected chi connectivity index (χ1v) is 14.4. The number of amides is 1. The normalized spacial score (nSPS) is 22.9. The van der Waals surface area contributed by atoms with Crippen LogP contribution in [0.2, 0.25) is 5.02 Å². The van der Waals surface area contributed by atoms with E-state index < -0.39 is 0 Å². The Hall–Kier alpha value is -2.42. The van der Waals surface area contributed by atoms with E-state index in [4.69, 9.17) is 21.1 Å². The van der Waals surface area contributed by atoms with Crippen LogP contribution in [0.4, 0.5) is 5.95 Å². The van der Waals surface area contributed by atoms with E-state index in [0.29, 0.717) is 39.3 Å². The maximum Gasteiger partial charge on any atom is 0.225 e. The molecule has 1 aromatic heterocycles. The molecule has 1 aromatic carbocycles. The van der Waals surface area contributed by atoms with E-state index >= 15 is 0 Å². The highest BCUT2D eigenvalue weighted by Crippen LogP contribution is 2.36. The maximum atomic E-state index is 13.4. The summed E-state index contributed by atoms with van der Waals surface area (Å²) in [4.78, 5) is 29.4. The van der Waals surface area contributed by atoms with Crippen molar-refractivity contribution < 1.29 is 14.3 Å². The molecule has 3 fully saturated rings. The summed E-state index contributed by atoms with van der Waals surface area (Å²) < 4.78 is 11.8. The van der Waals surface area contributed by atoms with Crippen LogP contribution in [0.15, 0.2) is 30.6 Å². The smallest absolute Gasteiger partial charge is 0.225 e. The third kappa shape index (κ3) is 6.96. The van der Waals surface area contributed by atoms with Gasteiger partial charge in [-0.25, -0.2) is 9.97 Å². The van der Waals surface area contributed by atoms with Gasteiger partial charge in [-0.2, -0.15) is 0 Å². The largest absolute Gasteiger partial charge is 0.493 e. The molecule has 0 spiro atoms. The topological polar surface area (TPSA) is 71.0 Å². The second kappa shape index (κ2) is 12.6. The second-order valence-electron chi connectivity index (χ2n) is 11.1. The van der Waals surface area contributed by atoms with Gasteiger partial charge >= 0.3 is 0 Å². The number of hydrogen-bond acceptors (Lipinski definition) is 7. The minimum atomic E-state index is -0.268. The van der Waals surface area contributed by atoms with Gasteiger partial charge in [-0.3, -0.25) is 9.69 Å². The predicted molar refractivity (Wildman–Crippen MR) is 149 cm³/mol. The molecule has 206 valence electrons. The van der Waals surface area contributed by atoms with Crippen molar-refractivity contribution in [3.63, 3.8) is 0 Å². The van der Waals surface area contributed by atoms with E-state index in [9.17, 15) is 4.79 Å². The van der Waals surface area contributed by atoms with Crippen LogP contribution in [0.5, 0.6) is 5.75 Å². The van der Waals surface area contributed by atoms with Crippen LogP contribution in [0, 0.1) is 12.3 Å². The van der Waals surface area contributed by atoms with Gasteiger partial charge in [0.2, 0.25) is 11.9 Å². The molecule has 0 saturated carbocycles. The molecule has 8 nitrogen and oxygen atoms in total. The maximum absolute atomic E-state index is 13.4. The molecule has 3 saturated heterocycles. The number of rotatable bonds is 8. The average Bonchev–Trinajstić information content (AvgIpc) is 2.95. The standard InChI is InChI=1S/C29H40ClN5O3/c1-23-16-25(6-7-26(23)30)38-22-29(17-27(36)34-12-14-37-15-13-34)8-5-9-33(21-29)20-24-18-31-28(32-19-24)35-10-3-2-4-11-35/h6-7,16,18-19H,2-5,8-15,17,20-22H2,1H3/t29-/m1/s1. The molecule has 3 aliphatic rings. The number of nitrogens with zero attached hydrogens (tertiary/aromatic N) is 5. The minimum Gasteiger partial charge on any atom is -0.493 e. The van der Waals surface area contributed by atoms with Gasteiger partial charge in [0.25, 0.3) is 0 Å². The fourth-order valence-electron chi connectivity index (χ4n) is 5.89. The lowest BCUT2D eigenvalue weighted by Gasteiger charge is -2.43. The highest BCUT2D eigenvalue weighted by atomic mass is 35.5. The number of morpholine rings is 1. The highest BCUT2D eigenvalue weighted by Gasteiger charge is 2.40. The van der Waals surface area contributed by atoms with Crippen molar-refractivity contribution in [2.24, 2.45) is 5.41 Å². The highest BCUT2D eigenvalue weighted by molar-refractivity contribution is 6.31. The summed E-state index contributed by atoms with van der Waals surface area (Å²) in [6.45, 7) is 9.65. The lowest BCUT2D eigenvalue weighted by molar-refractivity contribution is -0.139. The van der Waals surface area contributed by atoms with Crippen molar-refractivity contribution >= 4 is 23.5 Å². The predicted octanol–water partition coefficient (Wildman–Crippen LogP) is 4.34. The number of hydrogen-bond donors (Lipinski definition) is 0. The van der Waals surface area contributed by atoms with Gasteiger partial charge in [-0.1, -0.05) is 11.6 Å². The van der Waals surface area contributed by atoms with Crippen LogP contribution in [0.3, 0.4) is 0 Å². The van der Waals surface area contributed by atoms with E-state index in [1.165, 1.54) is 19.3 Å². The summed E-state index contributed by atoms with van der Waals surface area (Å²) in [7, 11) is 0. The Morgan fingerprint density at radius 2 is 1.82 bits per heavy atom. The fourth-order valence-corrected chi connectivity index (χ4v) is 6.01. The molecule has 0 aliphatic carbocycles. The van der Waals surface area contributed by atoms with E-state index in [2.05, 4.69) is 19.8 Å². The van der Waals surface area contributed by atoms with Gasteiger partial charge in [0, 0.05) is 74.1 Å². The first kappa shape index (κ1) is 27.2. The number of benzene rings is 1. The van der Waals surface area contributed by atoms with Crippen LogP contribution >= 0.6 is 11.6 Å². The molecule has 9 heteroatoms. The van der Waals surface area contributed by atoms with Crippen molar-refractivity contribution in [2.75, 3.05) is 64.0 Å². The Labute approximate surface area is 231 Å². The molecule has 4 heterocycles. The number of carbonyl (C=O) groups excluding carboxylic acids is 1. The summed E-state index contributed by atoms with van der Waals surface area (Å²) in [5, 5.41) is 0.729. The molecular formula is C29H40ClN5O3. The Morgan fingerprint density at radius 1 is 1.05 bits per heavy atom. The fraction of sp³-hybridized carbons (Fsp3) is 0.621. The molecule has 0 unspecified atom stereocenters. The van der Waals surface area contributed by atoms with Crippen LogP contribution < -0.4 is 9.64 Å². The number of piperidine rings is 2. The van der Waals surface area contributed by atoms with E-state index in [0.717, 1.165) is 73.4 Å². The number of anilines is 1. The van der Waals surface area contributed by atoms with Gasteiger partial charge in [-0.15, -0.1) is 0 Å². The zero-order valence-corrected chi connectivity index (χ0v) is 23.3. The zero-order chi connectivity index (χ0) is 26.4. The Morgan fingerprint density at radius 3 is 2.55 bits per heavy atom. The van der Waals surface area contributed by atoms with Crippen LogP contribution in [-0.4, -0.2) is 84.8 Å². The molecule has 5 rings (SSSR count). The second-order valence-corrected chi connectivity index (χ2v) is 11.5. The Bertz CT molecular complexity index is 1070. The average molecular weight is 542 g/mol. The lowest BCUT2D eigenvalue weighted by Crippen LogP contribution is -2.50. The molecule has 1 atom stereocenters. The number of halogens is 1. The van der Waals surface area contributed by atoms with Gasteiger partial charge < -0.3 is 19.3 Å². The van der Waals surface area contributed by atoms with E-state index in [1.807, 2.05) is 42.4 Å². The van der Waals surface area contributed by atoms with E-state index in [-0.39, 0.29) is 11.3 Å². The number of likely N-dealkylation sites (tertiary alicyclic amines) is 1. The number of carbonyl (C=O) groups is 1. The Kier molecular flexibility index (Phi) is 9.02. The van der Waals surface area contributed by atoms with Crippen LogP contribution in [-0.2, 0) is 16.1 Å². The SMILES string of the molecule is Cc1cc(OC[C@@]2(CC(=O)N3CCOCC3)CCCN(Cc3cnc(N4CCCCC4)nc3)C2)ccc1Cl. The minimum absolute atomic E-state index is 0.195. The summed E-state index contributed by atoms with van der Waals surface area (Å²) in [5.74, 6) is 1.83. The summed E-state index contributed by atoms with van der Waals surface area (Å²) >= 11 is 6.23. The molecule has 0 bridgehead atoms. The lowest BCUT2D eigenvalue weighted by atomic mass is 9.77. The summed E-state index contributed by atoms with van der Waals surface area (Å²) in [6, 6.07) is 5.76. The molecular weight excluding hydrogens is 502 g/mol. The Balaban J connectivity index is 1.27. The van der Waals surface area contributed by atoms with Gasteiger partial charge in [-0.05, 0) is 69.3 Å². The van der Waals surface area contributed by atoms with Crippen molar-refractivity contribution in [3.05, 3.63) is 46.7 Å². The molecule has 3 aliphatic heterocycles. The van der Waals surface area contributed by atoms with E-state index in [1.54, 1.807) is 0 Å². The first-order chi connectivity index (χ1) is 18.5. The monoisotopic (exact) mass is 541 g/mol. The molecule has 0 radical (unpaired) electrons. The van der Waals surface area contributed by atoms with Gasteiger partial charge in [0.05, 0.1) is 19.8 Å². The molecule has 2 aromatic rings. The first-order valence-electron chi connectivity index (χ1n) is 14.0. The van der Waals surface area contributed by atoms with Crippen molar-refractivity contribution in [3.8, 4) is 5.75 Å². The van der Waals surface area contributed by atoms with Gasteiger partial charge in [0.15, 0.2) is 0 Å². The third-order valence-electron chi connectivity index (χ3n) is 8.04. The zero-order valence-electron chi connectivity index (χ0n) is 22.5.